The van der Waals surface area contributed by atoms with Crippen molar-refractivity contribution in [1.82, 2.24) is 10.1 Å². The number of hydrogen-bond acceptors (Lipinski definition) is 7. The van der Waals surface area contributed by atoms with Gasteiger partial charge in [-0.1, -0.05) is 48.5 Å². The third-order valence-electron chi connectivity index (χ3n) is 6.35. The molecule has 180 valence electrons. The lowest BCUT2D eigenvalue weighted by Gasteiger charge is -2.10. The van der Waals surface area contributed by atoms with Crippen LogP contribution >= 0.6 is 0 Å². The fourth-order valence-corrected chi connectivity index (χ4v) is 4.57. The first kappa shape index (κ1) is 22.4. The average Bonchev–Trinajstić information content (AvgIpc) is 3.29. The third kappa shape index (κ3) is 3.41. The summed E-state index contributed by atoms with van der Waals surface area (Å²) in [6.07, 6.45) is 0. The summed E-state index contributed by atoms with van der Waals surface area (Å²) in [5.74, 6) is -2.00. The van der Waals surface area contributed by atoms with Gasteiger partial charge in [-0.2, -0.15) is 0 Å². The van der Waals surface area contributed by atoms with E-state index >= 15 is 0 Å². The normalized spacial score (nSPS) is 14.3. The van der Waals surface area contributed by atoms with Gasteiger partial charge in [0.1, 0.15) is 11.5 Å². The molecule has 0 aliphatic carbocycles. The number of fused-ring (bicyclic) bond motifs is 2. The Balaban J connectivity index is 1.24. The molecule has 9 heteroatoms. The predicted octanol–water partition coefficient (Wildman–Crippen LogP) is 4.78. The van der Waals surface area contributed by atoms with E-state index in [1.807, 2.05) is 0 Å². The summed E-state index contributed by atoms with van der Waals surface area (Å²) in [6, 6.07) is 23.5. The quantitative estimate of drug-likeness (QED) is 0.310. The van der Waals surface area contributed by atoms with E-state index in [4.69, 9.17) is 4.74 Å². The Morgan fingerprint density at radius 3 is 1.19 bits per heavy atom. The first-order valence-electron chi connectivity index (χ1n) is 11.1. The molecule has 6 rings (SSSR count). The summed E-state index contributed by atoms with van der Waals surface area (Å²) in [5.41, 5.74) is 2.98. The van der Waals surface area contributed by atoms with Gasteiger partial charge in [0.25, 0.3) is 23.6 Å². The monoisotopic (exact) mass is 492 g/mol. The minimum atomic E-state index is -0.766. The van der Waals surface area contributed by atoms with E-state index in [1.165, 1.54) is 12.1 Å². The second-order valence-electron chi connectivity index (χ2n) is 8.45. The van der Waals surface area contributed by atoms with Crippen LogP contribution in [0.4, 0.5) is 0 Å². The summed E-state index contributed by atoms with van der Waals surface area (Å²) >= 11 is 0. The molecule has 0 radical (unpaired) electrons. The standard InChI is InChI=1S/C28H16N2O7/c31-25-21-5-1-3-19(23(21)27(33)29(25)35)15-7-11-17(12-8-15)37-18-13-9-16(10-14-18)20-4-2-6-22-24(20)28(34)30(36)26(22)32/h1-14,35-36H. The Morgan fingerprint density at radius 1 is 0.459 bits per heavy atom. The third-order valence-corrected chi connectivity index (χ3v) is 6.35. The highest BCUT2D eigenvalue weighted by Gasteiger charge is 2.38. The molecule has 0 spiro atoms. The molecule has 2 heterocycles. The van der Waals surface area contributed by atoms with Gasteiger partial charge in [-0.15, -0.1) is 10.1 Å². The van der Waals surface area contributed by atoms with Crippen LogP contribution < -0.4 is 4.74 Å². The van der Waals surface area contributed by atoms with E-state index in [2.05, 4.69) is 0 Å². The Bertz CT molecular complexity index is 1520. The van der Waals surface area contributed by atoms with Crippen LogP contribution in [0.15, 0.2) is 84.9 Å². The number of carbonyl (C=O) groups is 4. The van der Waals surface area contributed by atoms with E-state index in [9.17, 15) is 29.6 Å². The fraction of sp³-hybridized carbons (Fsp3) is 0. The maximum Gasteiger partial charge on any atom is 0.286 e. The molecule has 0 atom stereocenters. The molecule has 0 unspecified atom stereocenters. The van der Waals surface area contributed by atoms with Crippen molar-refractivity contribution in [3.63, 3.8) is 0 Å². The molecule has 2 aliphatic heterocycles. The maximum atomic E-state index is 12.3. The number of rotatable bonds is 4. The predicted molar refractivity (Wildman–Crippen MR) is 128 cm³/mol. The van der Waals surface area contributed by atoms with Crippen molar-refractivity contribution < 1.29 is 34.3 Å². The van der Waals surface area contributed by atoms with Crippen molar-refractivity contribution in [3.05, 3.63) is 107 Å². The Labute approximate surface area is 209 Å². The van der Waals surface area contributed by atoms with Crippen molar-refractivity contribution in [3.8, 4) is 33.8 Å². The van der Waals surface area contributed by atoms with Gasteiger partial charge >= 0.3 is 0 Å². The van der Waals surface area contributed by atoms with Crippen LogP contribution in [0.2, 0.25) is 0 Å². The summed E-state index contributed by atoms with van der Waals surface area (Å²) < 4.78 is 5.92. The first-order chi connectivity index (χ1) is 17.8. The van der Waals surface area contributed by atoms with Crippen LogP contribution in [0.25, 0.3) is 22.3 Å². The number of nitrogens with zero attached hydrogens (tertiary/aromatic N) is 2. The number of benzene rings is 4. The Kier molecular flexibility index (Phi) is 4.97. The molecule has 0 bridgehead atoms. The number of ether oxygens (including phenoxy) is 1. The summed E-state index contributed by atoms with van der Waals surface area (Å²) in [6.45, 7) is 0. The molecule has 2 aliphatic rings. The number of hydrogen-bond donors (Lipinski definition) is 2. The molecule has 0 fully saturated rings. The summed E-state index contributed by atoms with van der Waals surface area (Å²) in [4.78, 5) is 48.8. The van der Waals surface area contributed by atoms with E-state index < -0.39 is 23.6 Å². The van der Waals surface area contributed by atoms with Crippen molar-refractivity contribution in [2.75, 3.05) is 0 Å². The molecule has 4 amide bonds. The van der Waals surface area contributed by atoms with Crippen LogP contribution in [0.1, 0.15) is 41.4 Å². The SMILES string of the molecule is O=C1c2cccc(-c3ccc(Oc4ccc(-c5cccc6c5C(=O)N(O)C6=O)cc4)cc3)c2C(=O)N1O. The highest BCUT2D eigenvalue weighted by Crippen LogP contribution is 2.35. The van der Waals surface area contributed by atoms with Gasteiger partial charge in [0.2, 0.25) is 0 Å². The van der Waals surface area contributed by atoms with Gasteiger partial charge in [0.05, 0.1) is 22.3 Å². The lowest BCUT2D eigenvalue weighted by Crippen LogP contribution is -2.25. The molecule has 0 aromatic heterocycles. The van der Waals surface area contributed by atoms with Gasteiger partial charge in [0.15, 0.2) is 0 Å². The number of hydroxylamine groups is 4. The zero-order chi connectivity index (χ0) is 25.8. The summed E-state index contributed by atoms with van der Waals surface area (Å²) in [7, 11) is 0. The highest BCUT2D eigenvalue weighted by molar-refractivity contribution is 6.23. The van der Waals surface area contributed by atoms with E-state index in [1.54, 1.807) is 72.8 Å². The van der Waals surface area contributed by atoms with Gasteiger partial charge in [0, 0.05) is 0 Å². The van der Waals surface area contributed by atoms with Gasteiger partial charge in [-0.3, -0.25) is 29.6 Å². The molecular weight excluding hydrogens is 476 g/mol. The lowest BCUT2D eigenvalue weighted by atomic mass is 9.96. The minimum absolute atomic E-state index is 0.118. The topological polar surface area (TPSA) is 124 Å². The molecule has 0 saturated carbocycles. The Hall–Kier alpha value is -5.12. The highest BCUT2D eigenvalue weighted by atomic mass is 16.5. The summed E-state index contributed by atoms with van der Waals surface area (Å²) in [5, 5.41) is 19.7. The van der Waals surface area contributed by atoms with Crippen LogP contribution in [0.5, 0.6) is 11.5 Å². The smallest absolute Gasteiger partial charge is 0.286 e. The largest absolute Gasteiger partial charge is 0.457 e. The Morgan fingerprint density at radius 2 is 0.811 bits per heavy atom. The van der Waals surface area contributed by atoms with Crippen LogP contribution in [0, 0.1) is 0 Å². The fourth-order valence-electron chi connectivity index (χ4n) is 4.57. The molecule has 37 heavy (non-hydrogen) atoms. The van der Waals surface area contributed by atoms with Gasteiger partial charge in [-0.05, 0) is 58.7 Å². The molecule has 4 aromatic carbocycles. The van der Waals surface area contributed by atoms with E-state index in [-0.39, 0.29) is 32.4 Å². The molecule has 9 nitrogen and oxygen atoms in total. The van der Waals surface area contributed by atoms with Gasteiger partial charge in [-0.25, -0.2) is 0 Å². The van der Waals surface area contributed by atoms with E-state index in [0.29, 0.717) is 33.8 Å². The maximum absolute atomic E-state index is 12.3. The van der Waals surface area contributed by atoms with Crippen molar-refractivity contribution in [1.29, 1.82) is 0 Å². The van der Waals surface area contributed by atoms with Crippen LogP contribution in [-0.2, 0) is 0 Å². The number of amides is 4. The van der Waals surface area contributed by atoms with Gasteiger partial charge < -0.3 is 4.74 Å². The molecule has 4 aromatic rings. The molecular formula is C28H16N2O7. The number of imide groups is 2. The van der Waals surface area contributed by atoms with Crippen LogP contribution in [-0.4, -0.2) is 44.2 Å². The lowest BCUT2D eigenvalue weighted by molar-refractivity contribution is -0.0330. The second-order valence-corrected chi connectivity index (χ2v) is 8.45. The second kappa shape index (κ2) is 8.23. The molecule has 2 N–H and O–H groups in total. The zero-order valence-electron chi connectivity index (χ0n) is 18.9. The minimum Gasteiger partial charge on any atom is -0.457 e. The van der Waals surface area contributed by atoms with E-state index in [0.717, 1.165) is 0 Å². The van der Waals surface area contributed by atoms with Crippen molar-refractivity contribution >= 4 is 23.6 Å². The average molecular weight is 492 g/mol. The number of carbonyl (C=O) groups excluding carboxylic acids is 4. The van der Waals surface area contributed by atoms with Crippen LogP contribution in [0.3, 0.4) is 0 Å². The molecule has 0 saturated heterocycles. The van der Waals surface area contributed by atoms with Crippen molar-refractivity contribution in [2.45, 2.75) is 0 Å². The first-order valence-corrected chi connectivity index (χ1v) is 11.1. The van der Waals surface area contributed by atoms with Crippen molar-refractivity contribution in [2.24, 2.45) is 0 Å². The zero-order valence-corrected chi connectivity index (χ0v) is 18.9.